The molecule has 0 radical (unpaired) electrons. The summed E-state index contributed by atoms with van der Waals surface area (Å²) in [5, 5.41) is 3.68. The van der Waals surface area contributed by atoms with E-state index in [1.807, 2.05) is 0 Å². The lowest BCUT2D eigenvalue weighted by Crippen LogP contribution is -2.43. The maximum Gasteiger partial charge on any atom is 0.110 e. The number of hydrogen-bond donors (Lipinski definition) is 1. The summed E-state index contributed by atoms with van der Waals surface area (Å²) >= 11 is 0. The molecule has 0 saturated heterocycles. The van der Waals surface area contributed by atoms with Crippen molar-refractivity contribution < 1.29 is 9.47 Å². The summed E-state index contributed by atoms with van der Waals surface area (Å²) in [6, 6.07) is 0. The molecule has 0 spiro atoms. The number of nitrogens with one attached hydrogen (secondary N) is 1. The van der Waals surface area contributed by atoms with Crippen LogP contribution >= 0.6 is 0 Å². The van der Waals surface area contributed by atoms with E-state index in [4.69, 9.17) is 9.47 Å². The predicted molar refractivity (Wildman–Crippen MR) is 211 cm³/mol. The highest BCUT2D eigenvalue weighted by Gasteiger charge is 2.18. The van der Waals surface area contributed by atoms with Crippen molar-refractivity contribution in [1.29, 1.82) is 0 Å². The first kappa shape index (κ1) is 46.9. The molecule has 0 aromatic heterocycles. The normalized spacial score (nSPS) is 14.4. The van der Waals surface area contributed by atoms with Gasteiger partial charge >= 0.3 is 0 Å². The molecule has 0 aliphatic carbocycles. The van der Waals surface area contributed by atoms with E-state index >= 15 is 0 Å². The van der Waals surface area contributed by atoms with Crippen LogP contribution in [0, 0.1) is 0 Å². The van der Waals surface area contributed by atoms with Gasteiger partial charge in [-0.25, -0.2) is 0 Å². The lowest BCUT2D eigenvalue weighted by Gasteiger charge is -2.29. The molecule has 0 aromatic rings. The van der Waals surface area contributed by atoms with Crippen molar-refractivity contribution in [2.75, 3.05) is 0 Å². The molecule has 1 N–H and O–H groups in total. The van der Waals surface area contributed by atoms with Gasteiger partial charge in [-0.2, -0.15) is 0 Å². The fraction of sp³-hybridized carbons (Fsp3) is 1.00. The third kappa shape index (κ3) is 35.5. The lowest BCUT2D eigenvalue weighted by atomic mass is 10.0. The number of ether oxygens (including phenoxy) is 2. The third-order valence-corrected chi connectivity index (χ3v) is 10.3. The van der Waals surface area contributed by atoms with E-state index in [1.54, 1.807) is 0 Å². The van der Waals surface area contributed by atoms with Gasteiger partial charge in [-0.15, -0.1) is 0 Å². The van der Waals surface area contributed by atoms with E-state index < -0.39 is 0 Å². The zero-order valence-corrected chi connectivity index (χ0v) is 33.7. The van der Waals surface area contributed by atoms with Gasteiger partial charge in [0, 0.05) is 0 Å². The first-order valence-corrected chi connectivity index (χ1v) is 22.1. The molecule has 0 aliphatic heterocycles. The highest BCUT2D eigenvalue weighted by molar-refractivity contribution is 4.64. The van der Waals surface area contributed by atoms with Crippen LogP contribution in [0.2, 0.25) is 0 Å². The van der Waals surface area contributed by atoms with Crippen LogP contribution in [0.5, 0.6) is 0 Å². The number of unbranched alkanes of at least 4 members (excludes halogenated alkanes) is 28. The van der Waals surface area contributed by atoms with Gasteiger partial charge in [0.2, 0.25) is 0 Å². The van der Waals surface area contributed by atoms with Crippen molar-refractivity contribution in [3.05, 3.63) is 0 Å². The average molecular weight is 666 g/mol. The summed E-state index contributed by atoms with van der Waals surface area (Å²) in [6.45, 7) is 13.6. The first-order chi connectivity index (χ1) is 23.1. The molecule has 3 nitrogen and oxygen atoms in total. The van der Waals surface area contributed by atoms with Crippen LogP contribution in [0.25, 0.3) is 0 Å². The van der Waals surface area contributed by atoms with Gasteiger partial charge < -0.3 is 9.47 Å². The molecule has 0 aliphatic rings. The number of hydrogen-bond acceptors (Lipinski definition) is 3. The summed E-state index contributed by atoms with van der Waals surface area (Å²) in [6.07, 6.45) is 47.7. The molecule has 0 saturated carbocycles. The molecule has 4 unspecified atom stereocenters. The molecule has 0 amide bonds. The topological polar surface area (TPSA) is 30.5 Å². The van der Waals surface area contributed by atoms with Gasteiger partial charge in [-0.1, -0.05) is 220 Å². The zero-order chi connectivity index (χ0) is 34.5. The third-order valence-electron chi connectivity index (χ3n) is 10.3. The van der Waals surface area contributed by atoms with Crippen molar-refractivity contribution in [3.63, 3.8) is 0 Å². The zero-order valence-electron chi connectivity index (χ0n) is 33.7. The largest absolute Gasteiger partial charge is 0.360 e. The number of rotatable bonds is 40. The first-order valence-electron chi connectivity index (χ1n) is 22.1. The van der Waals surface area contributed by atoms with Crippen LogP contribution in [-0.2, 0) is 9.47 Å². The summed E-state index contributed by atoms with van der Waals surface area (Å²) < 4.78 is 12.9. The molecule has 47 heavy (non-hydrogen) atoms. The molecule has 0 fully saturated rings. The van der Waals surface area contributed by atoms with Crippen LogP contribution in [0.1, 0.15) is 260 Å². The predicted octanol–water partition coefficient (Wildman–Crippen LogP) is 15.4. The van der Waals surface area contributed by atoms with E-state index in [1.165, 1.54) is 205 Å². The van der Waals surface area contributed by atoms with Crippen molar-refractivity contribution in [2.45, 2.75) is 285 Å². The van der Waals surface area contributed by atoms with Crippen LogP contribution in [0.3, 0.4) is 0 Å². The van der Waals surface area contributed by atoms with Crippen molar-refractivity contribution in [3.8, 4) is 0 Å². The Morgan fingerprint density at radius 1 is 0.319 bits per heavy atom. The molecule has 0 heterocycles. The van der Waals surface area contributed by atoms with Crippen molar-refractivity contribution in [1.82, 2.24) is 5.32 Å². The second-order valence-corrected chi connectivity index (χ2v) is 15.3. The van der Waals surface area contributed by atoms with Gasteiger partial charge in [-0.3, -0.25) is 5.32 Å². The van der Waals surface area contributed by atoms with Crippen LogP contribution < -0.4 is 5.32 Å². The summed E-state index contributed by atoms with van der Waals surface area (Å²) in [4.78, 5) is 0. The van der Waals surface area contributed by atoms with Gasteiger partial charge in [0.25, 0.3) is 0 Å². The highest BCUT2D eigenvalue weighted by Crippen LogP contribution is 2.18. The molecule has 4 atom stereocenters. The Bertz CT molecular complexity index is 521. The second kappa shape index (κ2) is 38.7. The van der Waals surface area contributed by atoms with E-state index in [9.17, 15) is 0 Å². The molecule has 284 valence electrons. The van der Waals surface area contributed by atoms with Gasteiger partial charge in [-0.05, 0) is 39.5 Å². The maximum absolute atomic E-state index is 6.43. The van der Waals surface area contributed by atoms with Crippen LogP contribution in [-0.4, -0.2) is 24.7 Å². The lowest BCUT2D eigenvalue weighted by molar-refractivity contribution is -0.0924. The summed E-state index contributed by atoms with van der Waals surface area (Å²) in [5.74, 6) is 0. The van der Waals surface area contributed by atoms with Gasteiger partial charge in [0.15, 0.2) is 0 Å². The molecular weight excluding hydrogens is 574 g/mol. The van der Waals surface area contributed by atoms with Crippen molar-refractivity contribution in [2.24, 2.45) is 0 Å². The maximum atomic E-state index is 6.43. The summed E-state index contributed by atoms with van der Waals surface area (Å²) in [7, 11) is 0. The minimum Gasteiger partial charge on any atom is -0.360 e. The second-order valence-electron chi connectivity index (χ2n) is 15.3. The summed E-state index contributed by atoms with van der Waals surface area (Å²) in [5.41, 5.74) is 0. The fourth-order valence-electron chi connectivity index (χ4n) is 7.02. The smallest absolute Gasteiger partial charge is 0.110 e. The van der Waals surface area contributed by atoms with Crippen molar-refractivity contribution >= 4 is 0 Å². The monoisotopic (exact) mass is 666 g/mol. The Kier molecular flexibility index (Phi) is 38.6. The standard InChI is InChI=1S/C44H91NO2/c1-7-11-13-15-17-19-21-23-25-27-29-31-33-35-37-39-41(5)46-43(9-3)45-44(10-4)47-42(6)40-38-36-34-32-30-28-26-24-22-20-18-16-14-12-8-2/h41-45H,7-40H2,1-6H3. The molecule has 3 heteroatoms. The Labute approximate surface area is 298 Å². The average Bonchev–Trinajstić information content (AvgIpc) is 3.07. The van der Waals surface area contributed by atoms with E-state index in [0.717, 1.165) is 12.8 Å². The van der Waals surface area contributed by atoms with E-state index in [-0.39, 0.29) is 12.5 Å². The molecule has 0 rings (SSSR count). The Balaban J connectivity index is 3.71. The molecule has 0 bridgehead atoms. The molecule has 0 aromatic carbocycles. The Hall–Kier alpha value is -0.120. The minimum atomic E-state index is 0.0873. The highest BCUT2D eigenvalue weighted by atomic mass is 16.5. The van der Waals surface area contributed by atoms with E-state index in [2.05, 4.69) is 46.9 Å². The van der Waals surface area contributed by atoms with E-state index in [0.29, 0.717) is 12.2 Å². The quantitative estimate of drug-likeness (QED) is 0.0522. The molecular formula is C44H91NO2. The van der Waals surface area contributed by atoms with Gasteiger partial charge in [0.1, 0.15) is 12.5 Å². The Morgan fingerprint density at radius 2 is 0.532 bits per heavy atom. The fourth-order valence-corrected chi connectivity index (χ4v) is 7.02. The van der Waals surface area contributed by atoms with Crippen LogP contribution in [0.4, 0.5) is 0 Å². The SMILES string of the molecule is CCCCCCCCCCCCCCCCCC(C)OC(CC)NC(CC)OC(C)CCCCCCCCCCCCCCCCC. The minimum absolute atomic E-state index is 0.0873. The van der Waals surface area contributed by atoms with Crippen LogP contribution in [0.15, 0.2) is 0 Å². The Morgan fingerprint density at radius 3 is 0.745 bits per heavy atom. The van der Waals surface area contributed by atoms with Gasteiger partial charge in [0.05, 0.1) is 12.2 Å².